The maximum Gasteiger partial charge on any atom is 0.191 e. The zero-order valence-electron chi connectivity index (χ0n) is 15.7. The number of benzene rings is 1. The quantitative estimate of drug-likeness (QED) is 0.378. The van der Waals surface area contributed by atoms with Crippen LogP contribution in [0.15, 0.2) is 29.3 Å². The molecule has 1 saturated heterocycles. The molecule has 0 radical (unpaired) electrons. The molecule has 1 aromatic rings. The van der Waals surface area contributed by atoms with Gasteiger partial charge in [-0.2, -0.15) is 0 Å². The smallest absolute Gasteiger partial charge is 0.191 e. The highest BCUT2D eigenvalue weighted by molar-refractivity contribution is 5.79. The summed E-state index contributed by atoms with van der Waals surface area (Å²) in [6, 6.07) is 6.01. The molecule has 1 aliphatic heterocycles. The summed E-state index contributed by atoms with van der Waals surface area (Å²) in [4.78, 5) is 4.19. The molecular weight excluding hydrogens is 337 g/mol. The SMILES string of the molecule is CN=C(NCCCOCC1CCCO1)NCC(C)Oc1ccc(F)cc1. The van der Waals surface area contributed by atoms with Crippen molar-refractivity contribution in [3.05, 3.63) is 30.1 Å². The van der Waals surface area contributed by atoms with E-state index in [1.54, 1.807) is 19.2 Å². The summed E-state index contributed by atoms with van der Waals surface area (Å²) in [5.74, 6) is 1.10. The van der Waals surface area contributed by atoms with Crippen LogP contribution in [0.3, 0.4) is 0 Å². The Bertz CT molecular complexity index is 533. The number of hydrogen-bond donors (Lipinski definition) is 2. The minimum Gasteiger partial charge on any atom is -0.489 e. The van der Waals surface area contributed by atoms with Gasteiger partial charge < -0.3 is 24.8 Å². The highest BCUT2D eigenvalue weighted by Crippen LogP contribution is 2.13. The van der Waals surface area contributed by atoms with Gasteiger partial charge in [0.25, 0.3) is 0 Å². The summed E-state index contributed by atoms with van der Waals surface area (Å²) >= 11 is 0. The first-order valence-electron chi connectivity index (χ1n) is 9.23. The van der Waals surface area contributed by atoms with E-state index in [0.29, 0.717) is 25.5 Å². The van der Waals surface area contributed by atoms with Gasteiger partial charge in [-0.25, -0.2) is 4.39 Å². The number of nitrogens with one attached hydrogen (secondary N) is 2. The van der Waals surface area contributed by atoms with Gasteiger partial charge in [0.05, 0.1) is 19.3 Å². The zero-order valence-corrected chi connectivity index (χ0v) is 15.7. The van der Waals surface area contributed by atoms with Crippen molar-refractivity contribution in [3.63, 3.8) is 0 Å². The van der Waals surface area contributed by atoms with Crippen LogP contribution in [0.1, 0.15) is 26.2 Å². The predicted octanol–water partition coefficient (Wildman–Crippen LogP) is 2.34. The van der Waals surface area contributed by atoms with Gasteiger partial charge in [0.1, 0.15) is 17.7 Å². The molecule has 2 unspecified atom stereocenters. The molecule has 0 amide bonds. The van der Waals surface area contributed by atoms with Crippen LogP contribution >= 0.6 is 0 Å². The molecule has 146 valence electrons. The van der Waals surface area contributed by atoms with E-state index in [1.807, 2.05) is 6.92 Å². The Morgan fingerprint density at radius 3 is 2.85 bits per heavy atom. The van der Waals surface area contributed by atoms with E-state index in [0.717, 1.165) is 38.4 Å². The van der Waals surface area contributed by atoms with Crippen LogP contribution in [0.5, 0.6) is 5.75 Å². The Morgan fingerprint density at radius 1 is 1.35 bits per heavy atom. The molecule has 0 bridgehead atoms. The number of aliphatic imine (C=N–C) groups is 1. The molecular formula is C19H30FN3O3. The van der Waals surface area contributed by atoms with Crippen molar-refractivity contribution in [3.8, 4) is 5.75 Å². The third-order valence-corrected chi connectivity index (χ3v) is 4.02. The van der Waals surface area contributed by atoms with Crippen molar-refractivity contribution in [2.75, 3.05) is 40.0 Å². The molecule has 7 heteroatoms. The molecule has 2 atom stereocenters. The summed E-state index contributed by atoms with van der Waals surface area (Å²) in [6.07, 6.45) is 3.34. The molecule has 0 aliphatic carbocycles. The van der Waals surface area contributed by atoms with E-state index in [1.165, 1.54) is 12.1 Å². The van der Waals surface area contributed by atoms with E-state index in [9.17, 15) is 4.39 Å². The monoisotopic (exact) mass is 367 g/mol. The van der Waals surface area contributed by atoms with Crippen molar-refractivity contribution >= 4 is 5.96 Å². The van der Waals surface area contributed by atoms with Crippen molar-refractivity contribution in [2.45, 2.75) is 38.4 Å². The molecule has 6 nitrogen and oxygen atoms in total. The minimum atomic E-state index is -0.271. The topological polar surface area (TPSA) is 64.1 Å². The Balaban J connectivity index is 1.53. The van der Waals surface area contributed by atoms with Crippen molar-refractivity contribution in [2.24, 2.45) is 4.99 Å². The number of guanidine groups is 1. The maximum absolute atomic E-state index is 12.9. The van der Waals surface area contributed by atoms with Gasteiger partial charge in [-0.05, 0) is 50.5 Å². The summed E-state index contributed by atoms with van der Waals surface area (Å²) in [6.45, 7) is 5.56. The molecule has 1 fully saturated rings. The normalized spacial score (nSPS) is 18.6. The Kier molecular flexibility index (Phi) is 9.20. The Hall–Kier alpha value is -1.86. The second-order valence-corrected chi connectivity index (χ2v) is 6.33. The highest BCUT2D eigenvalue weighted by Gasteiger charge is 2.14. The van der Waals surface area contributed by atoms with Crippen molar-refractivity contribution < 1.29 is 18.6 Å². The third-order valence-electron chi connectivity index (χ3n) is 4.02. The number of halogens is 1. The van der Waals surface area contributed by atoms with Crippen LogP contribution in [0.2, 0.25) is 0 Å². The molecule has 1 heterocycles. The van der Waals surface area contributed by atoms with Gasteiger partial charge >= 0.3 is 0 Å². The Labute approximate surface area is 155 Å². The fraction of sp³-hybridized carbons (Fsp3) is 0.632. The molecule has 26 heavy (non-hydrogen) atoms. The van der Waals surface area contributed by atoms with Crippen LogP contribution in [-0.4, -0.2) is 58.1 Å². The lowest BCUT2D eigenvalue weighted by atomic mass is 10.2. The summed E-state index contributed by atoms with van der Waals surface area (Å²) < 4.78 is 29.8. The minimum absolute atomic E-state index is 0.0752. The number of ether oxygens (including phenoxy) is 3. The molecule has 2 N–H and O–H groups in total. The molecule has 0 spiro atoms. The summed E-state index contributed by atoms with van der Waals surface area (Å²) in [5, 5.41) is 6.46. The maximum atomic E-state index is 12.9. The first-order chi connectivity index (χ1) is 12.7. The van der Waals surface area contributed by atoms with E-state index < -0.39 is 0 Å². The van der Waals surface area contributed by atoms with Gasteiger partial charge in [0, 0.05) is 26.8 Å². The summed E-state index contributed by atoms with van der Waals surface area (Å²) in [5.41, 5.74) is 0. The van der Waals surface area contributed by atoms with Crippen LogP contribution < -0.4 is 15.4 Å². The van der Waals surface area contributed by atoms with Crippen LogP contribution in [0.4, 0.5) is 4.39 Å². The van der Waals surface area contributed by atoms with Gasteiger partial charge in [-0.1, -0.05) is 0 Å². The number of nitrogens with zero attached hydrogens (tertiary/aromatic N) is 1. The first kappa shape index (κ1) is 20.5. The summed E-state index contributed by atoms with van der Waals surface area (Å²) in [7, 11) is 1.73. The van der Waals surface area contributed by atoms with Crippen LogP contribution in [0.25, 0.3) is 0 Å². The second kappa shape index (κ2) is 11.7. The fourth-order valence-corrected chi connectivity index (χ4v) is 2.62. The predicted molar refractivity (Wildman–Crippen MR) is 100 cm³/mol. The standard InChI is InChI=1S/C19H30FN3O3/c1-15(26-17-8-6-16(20)7-9-17)13-23-19(21-2)22-10-4-11-24-14-18-5-3-12-25-18/h6-9,15,18H,3-5,10-14H2,1-2H3,(H2,21,22,23). The van der Waals surface area contributed by atoms with Gasteiger partial charge in [-0.3, -0.25) is 4.99 Å². The molecule has 0 saturated carbocycles. The van der Waals surface area contributed by atoms with Gasteiger partial charge in [0.15, 0.2) is 5.96 Å². The van der Waals surface area contributed by atoms with Crippen molar-refractivity contribution in [1.29, 1.82) is 0 Å². The van der Waals surface area contributed by atoms with E-state index in [-0.39, 0.29) is 18.0 Å². The van der Waals surface area contributed by atoms with Crippen LogP contribution in [-0.2, 0) is 9.47 Å². The first-order valence-corrected chi connectivity index (χ1v) is 9.23. The highest BCUT2D eigenvalue weighted by atomic mass is 19.1. The molecule has 1 aromatic carbocycles. The lowest BCUT2D eigenvalue weighted by molar-refractivity contribution is 0.0168. The molecule has 0 aromatic heterocycles. The van der Waals surface area contributed by atoms with E-state index >= 15 is 0 Å². The van der Waals surface area contributed by atoms with E-state index in [4.69, 9.17) is 14.2 Å². The Morgan fingerprint density at radius 2 is 2.15 bits per heavy atom. The van der Waals surface area contributed by atoms with Crippen LogP contribution in [0, 0.1) is 5.82 Å². The number of hydrogen-bond acceptors (Lipinski definition) is 4. The lowest BCUT2D eigenvalue weighted by Crippen LogP contribution is -2.42. The number of rotatable bonds is 10. The zero-order chi connectivity index (χ0) is 18.6. The van der Waals surface area contributed by atoms with Crippen molar-refractivity contribution in [1.82, 2.24) is 10.6 Å². The molecule has 1 aliphatic rings. The lowest BCUT2D eigenvalue weighted by Gasteiger charge is -2.18. The average molecular weight is 367 g/mol. The van der Waals surface area contributed by atoms with E-state index in [2.05, 4.69) is 15.6 Å². The van der Waals surface area contributed by atoms with Gasteiger partial charge in [0.2, 0.25) is 0 Å². The fourth-order valence-electron chi connectivity index (χ4n) is 2.62. The third kappa shape index (κ3) is 8.01. The van der Waals surface area contributed by atoms with Gasteiger partial charge in [-0.15, -0.1) is 0 Å². The molecule has 2 rings (SSSR count). The average Bonchev–Trinajstić information content (AvgIpc) is 3.16. The second-order valence-electron chi connectivity index (χ2n) is 6.33. The largest absolute Gasteiger partial charge is 0.489 e.